The highest BCUT2D eigenvalue weighted by Crippen LogP contribution is 2.12. The van der Waals surface area contributed by atoms with Crippen LogP contribution in [-0.4, -0.2) is 26.9 Å². The number of hydrogen-bond acceptors (Lipinski definition) is 4. The quantitative estimate of drug-likeness (QED) is 0.797. The van der Waals surface area contributed by atoms with Gasteiger partial charge in [0.15, 0.2) is 0 Å². The summed E-state index contributed by atoms with van der Waals surface area (Å²) in [5.74, 6) is 2.50. The molecule has 4 heteroatoms. The van der Waals surface area contributed by atoms with Crippen molar-refractivity contribution in [3.05, 3.63) is 23.7 Å². The monoisotopic (exact) mass is 225 g/mol. The van der Waals surface area contributed by atoms with Crippen LogP contribution >= 0.6 is 0 Å². The first-order valence-corrected chi connectivity index (χ1v) is 5.73. The zero-order valence-corrected chi connectivity index (χ0v) is 9.70. The highest BCUT2D eigenvalue weighted by Gasteiger charge is 2.14. The number of rotatable bonds is 6. The fraction of sp³-hybridized carbons (Fsp3) is 0.667. The summed E-state index contributed by atoms with van der Waals surface area (Å²) in [5, 5.41) is 3.38. The standard InChI is InChI=1S/C12H19NO3/c1-14-9-12-3-2-11(16-12)7-13-6-10-4-5-15-8-10/h2-3,10,13H,4-9H2,1H3. The van der Waals surface area contributed by atoms with Gasteiger partial charge >= 0.3 is 0 Å². The van der Waals surface area contributed by atoms with Crippen LogP contribution in [0.5, 0.6) is 0 Å². The van der Waals surface area contributed by atoms with Crippen LogP contribution in [0.1, 0.15) is 17.9 Å². The van der Waals surface area contributed by atoms with Gasteiger partial charge in [0.05, 0.1) is 13.2 Å². The molecule has 0 aliphatic carbocycles. The van der Waals surface area contributed by atoms with Crippen molar-refractivity contribution in [3.63, 3.8) is 0 Å². The average molecular weight is 225 g/mol. The summed E-state index contributed by atoms with van der Waals surface area (Å²) in [4.78, 5) is 0. The molecule has 1 unspecified atom stereocenters. The van der Waals surface area contributed by atoms with E-state index < -0.39 is 0 Å². The normalized spacial score (nSPS) is 20.4. The number of methoxy groups -OCH3 is 1. The SMILES string of the molecule is COCc1ccc(CNCC2CCOC2)o1. The summed E-state index contributed by atoms with van der Waals surface area (Å²) in [7, 11) is 1.67. The molecule has 4 nitrogen and oxygen atoms in total. The van der Waals surface area contributed by atoms with Crippen molar-refractivity contribution in [2.75, 3.05) is 26.9 Å². The minimum absolute atomic E-state index is 0.538. The molecular formula is C12H19NO3. The molecule has 1 fully saturated rings. The first kappa shape index (κ1) is 11.6. The van der Waals surface area contributed by atoms with Crippen LogP contribution in [0.2, 0.25) is 0 Å². The number of hydrogen-bond donors (Lipinski definition) is 1. The summed E-state index contributed by atoms with van der Waals surface area (Å²) in [6.07, 6.45) is 1.17. The van der Waals surface area contributed by atoms with E-state index in [-0.39, 0.29) is 0 Å². The average Bonchev–Trinajstić information content (AvgIpc) is 2.90. The lowest BCUT2D eigenvalue weighted by atomic mass is 10.1. The number of nitrogens with one attached hydrogen (secondary N) is 1. The van der Waals surface area contributed by atoms with Crippen LogP contribution in [0.3, 0.4) is 0 Å². The first-order valence-electron chi connectivity index (χ1n) is 5.73. The second kappa shape index (κ2) is 6.03. The van der Waals surface area contributed by atoms with Crippen LogP contribution in [-0.2, 0) is 22.6 Å². The predicted octanol–water partition coefficient (Wildman–Crippen LogP) is 1.55. The molecule has 0 bridgehead atoms. The fourth-order valence-electron chi connectivity index (χ4n) is 1.88. The third kappa shape index (κ3) is 3.33. The second-order valence-corrected chi connectivity index (χ2v) is 4.16. The number of ether oxygens (including phenoxy) is 2. The Morgan fingerprint density at radius 2 is 2.31 bits per heavy atom. The van der Waals surface area contributed by atoms with E-state index in [1.807, 2.05) is 12.1 Å². The molecule has 1 atom stereocenters. The van der Waals surface area contributed by atoms with Crippen molar-refractivity contribution in [2.24, 2.45) is 5.92 Å². The van der Waals surface area contributed by atoms with Gasteiger partial charge in [0.25, 0.3) is 0 Å². The molecule has 2 rings (SSSR count). The predicted molar refractivity (Wildman–Crippen MR) is 60.1 cm³/mol. The van der Waals surface area contributed by atoms with Crippen LogP contribution in [0, 0.1) is 5.92 Å². The lowest BCUT2D eigenvalue weighted by Crippen LogP contribution is -2.22. The molecule has 1 N–H and O–H groups in total. The Morgan fingerprint density at radius 1 is 1.44 bits per heavy atom. The Hall–Kier alpha value is -0.840. The lowest BCUT2D eigenvalue weighted by molar-refractivity contribution is 0.162. The molecule has 0 saturated carbocycles. The summed E-state index contributed by atoms with van der Waals surface area (Å²) < 4.78 is 15.9. The zero-order valence-electron chi connectivity index (χ0n) is 9.70. The molecule has 16 heavy (non-hydrogen) atoms. The van der Waals surface area contributed by atoms with Crippen molar-refractivity contribution >= 4 is 0 Å². The van der Waals surface area contributed by atoms with E-state index in [0.717, 1.165) is 37.8 Å². The van der Waals surface area contributed by atoms with E-state index in [0.29, 0.717) is 12.5 Å². The maximum absolute atomic E-state index is 5.57. The van der Waals surface area contributed by atoms with Crippen LogP contribution in [0.4, 0.5) is 0 Å². The van der Waals surface area contributed by atoms with E-state index >= 15 is 0 Å². The minimum Gasteiger partial charge on any atom is -0.462 e. The molecule has 1 aliphatic heterocycles. The van der Waals surface area contributed by atoms with Crippen molar-refractivity contribution in [3.8, 4) is 0 Å². The van der Waals surface area contributed by atoms with Gasteiger partial charge in [-0.15, -0.1) is 0 Å². The summed E-state index contributed by atoms with van der Waals surface area (Å²) >= 11 is 0. The second-order valence-electron chi connectivity index (χ2n) is 4.16. The zero-order chi connectivity index (χ0) is 11.2. The molecule has 0 amide bonds. The molecule has 1 saturated heterocycles. The van der Waals surface area contributed by atoms with E-state index in [4.69, 9.17) is 13.9 Å². The minimum atomic E-state index is 0.538. The van der Waals surface area contributed by atoms with Gasteiger partial charge in [0.1, 0.15) is 18.1 Å². The molecule has 1 aromatic heterocycles. The van der Waals surface area contributed by atoms with E-state index in [2.05, 4.69) is 5.32 Å². The molecular weight excluding hydrogens is 206 g/mol. The summed E-state index contributed by atoms with van der Waals surface area (Å²) in [6.45, 7) is 4.11. The Morgan fingerprint density at radius 3 is 3.06 bits per heavy atom. The van der Waals surface area contributed by atoms with Crippen molar-refractivity contribution in [2.45, 2.75) is 19.6 Å². The van der Waals surface area contributed by atoms with Crippen LogP contribution < -0.4 is 5.32 Å². The van der Waals surface area contributed by atoms with Crippen molar-refractivity contribution in [1.29, 1.82) is 0 Å². The maximum atomic E-state index is 5.57. The van der Waals surface area contributed by atoms with Crippen LogP contribution in [0.15, 0.2) is 16.5 Å². The molecule has 0 spiro atoms. The Bertz CT molecular complexity index is 305. The number of furan rings is 1. The third-order valence-corrected chi connectivity index (χ3v) is 2.76. The van der Waals surface area contributed by atoms with Gasteiger partial charge in [-0.1, -0.05) is 0 Å². The van der Waals surface area contributed by atoms with E-state index in [1.54, 1.807) is 7.11 Å². The van der Waals surface area contributed by atoms with Gasteiger partial charge in [-0.3, -0.25) is 0 Å². The molecule has 90 valence electrons. The smallest absolute Gasteiger partial charge is 0.129 e. The molecule has 0 radical (unpaired) electrons. The van der Waals surface area contributed by atoms with Gasteiger partial charge in [0, 0.05) is 20.3 Å². The summed E-state index contributed by atoms with van der Waals surface area (Å²) in [5.41, 5.74) is 0. The maximum Gasteiger partial charge on any atom is 0.129 e. The topological polar surface area (TPSA) is 43.6 Å². The largest absolute Gasteiger partial charge is 0.462 e. The van der Waals surface area contributed by atoms with E-state index in [1.165, 1.54) is 6.42 Å². The van der Waals surface area contributed by atoms with Gasteiger partial charge in [0.2, 0.25) is 0 Å². The fourth-order valence-corrected chi connectivity index (χ4v) is 1.88. The Kier molecular flexibility index (Phi) is 4.39. The van der Waals surface area contributed by atoms with Crippen molar-refractivity contribution < 1.29 is 13.9 Å². The van der Waals surface area contributed by atoms with Crippen molar-refractivity contribution in [1.82, 2.24) is 5.32 Å². The Labute approximate surface area is 95.9 Å². The van der Waals surface area contributed by atoms with Gasteiger partial charge in [-0.2, -0.15) is 0 Å². The summed E-state index contributed by atoms with van der Waals surface area (Å²) in [6, 6.07) is 3.95. The third-order valence-electron chi connectivity index (χ3n) is 2.76. The molecule has 1 aromatic rings. The Balaban J connectivity index is 1.67. The van der Waals surface area contributed by atoms with Gasteiger partial charge in [-0.25, -0.2) is 0 Å². The highest BCUT2D eigenvalue weighted by atomic mass is 16.5. The molecule has 2 heterocycles. The lowest BCUT2D eigenvalue weighted by Gasteiger charge is -2.07. The molecule has 0 aromatic carbocycles. The van der Waals surface area contributed by atoms with Gasteiger partial charge < -0.3 is 19.2 Å². The van der Waals surface area contributed by atoms with Crippen LogP contribution in [0.25, 0.3) is 0 Å². The first-order chi connectivity index (χ1) is 7.88. The highest BCUT2D eigenvalue weighted by molar-refractivity contribution is 5.06. The van der Waals surface area contributed by atoms with Gasteiger partial charge in [-0.05, 0) is 24.5 Å². The molecule has 1 aliphatic rings. The van der Waals surface area contributed by atoms with E-state index in [9.17, 15) is 0 Å².